The van der Waals surface area contributed by atoms with Crippen molar-refractivity contribution < 1.29 is 9.21 Å². The number of carbonyl (C=O) groups is 1. The van der Waals surface area contributed by atoms with E-state index in [0.29, 0.717) is 11.4 Å². The average Bonchev–Trinajstić information content (AvgIpc) is 3.64. The molecule has 27 heavy (non-hydrogen) atoms. The Morgan fingerprint density at radius 1 is 1.19 bits per heavy atom. The fraction of sp³-hybridized carbons (Fsp3) is 0.571. The van der Waals surface area contributed by atoms with E-state index in [1.54, 1.807) is 0 Å². The van der Waals surface area contributed by atoms with E-state index < -0.39 is 0 Å². The minimum Gasteiger partial charge on any atom is -0.411 e. The molecule has 1 aromatic heterocycles. The highest BCUT2D eigenvalue weighted by molar-refractivity contribution is 5.83. The molecule has 1 unspecified atom stereocenters. The molecule has 2 aromatic rings. The largest absolute Gasteiger partial charge is 0.411 e. The molecule has 5 rings (SSSR count). The van der Waals surface area contributed by atoms with Crippen molar-refractivity contribution >= 4 is 11.9 Å². The van der Waals surface area contributed by atoms with Gasteiger partial charge in [0.15, 0.2) is 0 Å². The molecule has 6 heteroatoms. The molecule has 144 valence electrons. The number of rotatable bonds is 4. The molecule has 1 atom stereocenters. The monoisotopic (exact) mass is 368 g/mol. The number of likely N-dealkylation sites (tertiary alicyclic amines) is 1. The Morgan fingerprint density at radius 2 is 1.89 bits per heavy atom. The number of hydrogen-bond donors (Lipinski definition) is 1. The highest BCUT2D eigenvalue weighted by Crippen LogP contribution is 2.53. The first-order chi connectivity index (χ1) is 13.2. The maximum Gasteiger partial charge on any atom is 0.315 e. The predicted octanol–water partition coefficient (Wildman–Crippen LogP) is 3.84. The van der Waals surface area contributed by atoms with Crippen molar-refractivity contribution in [2.24, 2.45) is 5.41 Å². The second-order valence-corrected chi connectivity index (χ2v) is 8.12. The zero-order chi connectivity index (χ0) is 18.7. The molecule has 6 nitrogen and oxygen atoms in total. The molecule has 1 aromatic carbocycles. The van der Waals surface area contributed by atoms with Crippen molar-refractivity contribution in [2.75, 3.05) is 18.4 Å². The van der Waals surface area contributed by atoms with E-state index in [4.69, 9.17) is 4.42 Å². The third kappa shape index (κ3) is 4.67. The summed E-state index contributed by atoms with van der Waals surface area (Å²) in [5, 5.41) is 10.2. The lowest BCUT2D eigenvalue weighted by molar-refractivity contribution is -0.133. The van der Waals surface area contributed by atoms with Crippen LogP contribution in [0.5, 0.6) is 0 Å². The van der Waals surface area contributed by atoms with Crippen molar-refractivity contribution in [1.29, 1.82) is 0 Å². The number of nitrogens with zero attached hydrogens (tertiary/aromatic N) is 3. The van der Waals surface area contributed by atoms with Gasteiger partial charge in [0, 0.05) is 13.1 Å². The van der Waals surface area contributed by atoms with E-state index in [0.717, 1.165) is 31.8 Å². The summed E-state index contributed by atoms with van der Waals surface area (Å²) in [6.45, 7) is 3.59. The van der Waals surface area contributed by atoms with Crippen LogP contribution in [-0.2, 0) is 4.79 Å². The molecule has 2 aliphatic carbocycles. The Hall–Kier alpha value is -2.37. The van der Waals surface area contributed by atoms with Crippen LogP contribution in [-0.4, -0.2) is 40.1 Å². The van der Waals surface area contributed by atoms with Gasteiger partial charge < -0.3 is 14.6 Å². The summed E-state index contributed by atoms with van der Waals surface area (Å²) < 4.78 is 4.98. The number of anilines is 1. The zero-order valence-electron chi connectivity index (χ0n) is 15.9. The third-order valence-corrected chi connectivity index (χ3v) is 6.01. The van der Waals surface area contributed by atoms with Gasteiger partial charge in [-0.25, -0.2) is 0 Å². The van der Waals surface area contributed by atoms with Crippen LogP contribution >= 0.6 is 0 Å². The van der Waals surface area contributed by atoms with E-state index in [2.05, 4.69) is 45.8 Å². The fourth-order valence-electron chi connectivity index (χ4n) is 3.78. The van der Waals surface area contributed by atoms with Crippen LogP contribution < -0.4 is 5.32 Å². The molecule has 1 aliphatic heterocycles. The van der Waals surface area contributed by atoms with Crippen molar-refractivity contribution in [1.82, 2.24) is 15.1 Å². The number of carbonyl (C=O) groups excluding carboxylic acids is 1. The number of nitrogens with one attached hydrogen (secondary N) is 1. The molecule has 1 saturated heterocycles. The van der Waals surface area contributed by atoms with Crippen LogP contribution in [0.25, 0.3) is 0 Å². The molecule has 2 heterocycles. The quantitative estimate of drug-likeness (QED) is 0.888. The van der Waals surface area contributed by atoms with Gasteiger partial charge in [-0.3, -0.25) is 4.79 Å². The van der Waals surface area contributed by atoms with E-state index in [1.807, 2.05) is 11.8 Å². The molecule has 3 fully saturated rings. The smallest absolute Gasteiger partial charge is 0.315 e. The summed E-state index contributed by atoms with van der Waals surface area (Å²) in [5.41, 5.74) is 2.12. The molecule has 1 N–H and O–H groups in total. The van der Waals surface area contributed by atoms with Crippen molar-refractivity contribution in [3.8, 4) is 0 Å². The minimum atomic E-state index is -0.321. The maximum absolute atomic E-state index is 12.2. The number of hydrogen-bond acceptors (Lipinski definition) is 5. The molecule has 1 spiro atoms. The van der Waals surface area contributed by atoms with Gasteiger partial charge in [0.1, 0.15) is 6.04 Å². The van der Waals surface area contributed by atoms with E-state index in [-0.39, 0.29) is 11.9 Å². The topological polar surface area (TPSA) is 71.3 Å². The van der Waals surface area contributed by atoms with Crippen molar-refractivity contribution in [3.05, 3.63) is 42.3 Å². The van der Waals surface area contributed by atoms with E-state index >= 15 is 0 Å². The Morgan fingerprint density at radius 3 is 2.44 bits per heavy atom. The lowest BCUT2D eigenvalue weighted by Crippen LogP contribution is -2.45. The summed E-state index contributed by atoms with van der Waals surface area (Å²) in [6, 6.07) is 10.7. The van der Waals surface area contributed by atoms with E-state index in [1.165, 1.54) is 37.6 Å². The van der Waals surface area contributed by atoms with Crippen LogP contribution in [0.15, 0.2) is 41.1 Å². The Balaban J connectivity index is 0.000000167. The van der Waals surface area contributed by atoms with Gasteiger partial charge in [0.2, 0.25) is 12.3 Å². The van der Waals surface area contributed by atoms with Crippen LogP contribution in [0.3, 0.4) is 0 Å². The molecule has 3 aliphatic rings. The van der Waals surface area contributed by atoms with Gasteiger partial charge >= 0.3 is 6.01 Å². The van der Waals surface area contributed by atoms with Crippen LogP contribution in [0, 0.1) is 5.41 Å². The number of benzene rings is 1. The Bertz CT molecular complexity index is 729. The highest BCUT2D eigenvalue weighted by Gasteiger charge is 2.45. The van der Waals surface area contributed by atoms with Gasteiger partial charge in [-0.2, -0.15) is 0 Å². The van der Waals surface area contributed by atoms with Crippen molar-refractivity contribution in [3.63, 3.8) is 0 Å². The van der Waals surface area contributed by atoms with Gasteiger partial charge in [-0.15, -0.1) is 5.10 Å². The average molecular weight is 368 g/mol. The lowest BCUT2D eigenvalue weighted by Gasteiger charge is -2.33. The zero-order valence-corrected chi connectivity index (χ0v) is 15.9. The third-order valence-electron chi connectivity index (χ3n) is 6.01. The molecule has 1 amide bonds. The summed E-state index contributed by atoms with van der Waals surface area (Å²) in [7, 11) is 0. The molecule has 0 bridgehead atoms. The fourth-order valence-corrected chi connectivity index (χ4v) is 3.78. The van der Waals surface area contributed by atoms with Crippen LogP contribution in [0.1, 0.15) is 56.9 Å². The van der Waals surface area contributed by atoms with E-state index in [9.17, 15) is 4.79 Å². The number of amides is 1. The molecule has 2 saturated carbocycles. The Labute approximate surface area is 160 Å². The molecule has 0 radical (unpaired) electrons. The van der Waals surface area contributed by atoms with Gasteiger partial charge in [0.05, 0.1) is 0 Å². The summed E-state index contributed by atoms with van der Waals surface area (Å²) in [6.07, 6.45) is 9.08. The normalized spacial score (nSPS) is 21.1. The number of piperidine rings is 1. The molecular weight excluding hydrogens is 340 g/mol. The minimum absolute atomic E-state index is 0.115. The summed E-state index contributed by atoms with van der Waals surface area (Å²) >= 11 is 0. The Kier molecular flexibility index (Phi) is 5.14. The van der Waals surface area contributed by atoms with Crippen LogP contribution in [0.4, 0.5) is 6.01 Å². The van der Waals surface area contributed by atoms with Gasteiger partial charge in [-0.1, -0.05) is 35.4 Å². The highest BCUT2D eigenvalue weighted by atomic mass is 16.4. The van der Waals surface area contributed by atoms with Gasteiger partial charge in [-0.05, 0) is 62.3 Å². The number of aromatic nitrogens is 2. The lowest BCUT2D eigenvalue weighted by atomic mass is 9.93. The van der Waals surface area contributed by atoms with Gasteiger partial charge in [0.25, 0.3) is 0 Å². The van der Waals surface area contributed by atoms with Crippen LogP contribution in [0.2, 0.25) is 0 Å². The summed E-state index contributed by atoms with van der Waals surface area (Å²) in [4.78, 5) is 14.2. The SMILES string of the molecule is CC(Nc1nnco1)C(=O)N1CCC2(CC1)CC2.c1ccc(C2CC2)cc1. The second-order valence-electron chi connectivity index (χ2n) is 8.12. The predicted molar refractivity (Wildman–Crippen MR) is 103 cm³/mol. The first kappa shape index (κ1) is 18.0. The first-order valence-electron chi connectivity index (χ1n) is 10.0. The van der Waals surface area contributed by atoms with Crippen molar-refractivity contribution in [2.45, 2.75) is 57.4 Å². The second kappa shape index (κ2) is 7.71. The first-order valence-corrected chi connectivity index (χ1v) is 10.0. The molecular formula is C21H28N4O2. The summed E-state index contributed by atoms with van der Waals surface area (Å²) in [5.74, 6) is 1.02. The maximum atomic E-state index is 12.2. The standard InChI is InChI=1S/C12H18N4O2.C9H10/c1-9(14-11-15-13-8-18-11)10(17)16-6-4-12(2-3-12)5-7-16;1-2-4-8(5-3-1)9-6-7-9/h8-9H,2-7H2,1H3,(H,14,15);1-5,9H,6-7H2.